The van der Waals surface area contributed by atoms with Crippen molar-refractivity contribution in [2.75, 3.05) is 13.1 Å². The molecule has 122 valence electrons. The lowest BCUT2D eigenvalue weighted by molar-refractivity contribution is 0.144. The third-order valence-corrected chi connectivity index (χ3v) is 5.81. The van der Waals surface area contributed by atoms with Crippen LogP contribution in [0.3, 0.4) is 0 Å². The summed E-state index contributed by atoms with van der Waals surface area (Å²) in [5.74, 6) is 1.71. The Balaban J connectivity index is 1.45. The first-order chi connectivity index (χ1) is 10.7. The first-order valence-electron chi connectivity index (χ1n) is 9.24. The minimum Gasteiger partial charge on any atom is -0.311 e. The average molecular weight is 300 g/mol. The fourth-order valence-electron chi connectivity index (χ4n) is 4.38. The van der Waals surface area contributed by atoms with E-state index in [-0.39, 0.29) is 0 Å². The summed E-state index contributed by atoms with van der Waals surface area (Å²) < 4.78 is 0. The maximum Gasteiger partial charge on any atom is 0.0233 e. The maximum absolute atomic E-state index is 4.02. The molecule has 2 aliphatic rings. The van der Waals surface area contributed by atoms with E-state index in [0.29, 0.717) is 0 Å². The summed E-state index contributed by atoms with van der Waals surface area (Å²) >= 11 is 0. The van der Waals surface area contributed by atoms with Gasteiger partial charge in [0.2, 0.25) is 0 Å². The van der Waals surface area contributed by atoms with Crippen LogP contribution in [0.25, 0.3) is 0 Å². The zero-order valence-electron chi connectivity index (χ0n) is 14.3. The summed E-state index contributed by atoms with van der Waals surface area (Å²) in [7, 11) is 0. The average Bonchev–Trinajstić information content (AvgIpc) is 2.54. The van der Waals surface area contributed by atoms with Crippen LogP contribution < -0.4 is 5.32 Å². The standard InChI is InChI=1S/C20H32N2/c1-16-7-6-8-17(2)20(16)21-19-11-13-22(14-12-19)15-18-9-4-3-5-10-18/h3-5,9-10,16-17,19-21H,6-8,11-15H2,1-2H3. The van der Waals surface area contributed by atoms with Crippen LogP contribution in [0.4, 0.5) is 0 Å². The van der Waals surface area contributed by atoms with E-state index in [4.69, 9.17) is 0 Å². The molecule has 0 aromatic heterocycles. The lowest BCUT2D eigenvalue weighted by Gasteiger charge is -2.40. The van der Waals surface area contributed by atoms with E-state index >= 15 is 0 Å². The molecule has 2 atom stereocenters. The van der Waals surface area contributed by atoms with Crippen LogP contribution in [-0.4, -0.2) is 30.1 Å². The normalized spacial score (nSPS) is 31.3. The summed E-state index contributed by atoms with van der Waals surface area (Å²) in [5.41, 5.74) is 1.45. The summed E-state index contributed by atoms with van der Waals surface area (Å²) in [5, 5.41) is 4.02. The number of nitrogens with one attached hydrogen (secondary N) is 1. The van der Waals surface area contributed by atoms with Gasteiger partial charge in [0.05, 0.1) is 0 Å². The van der Waals surface area contributed by atoms with Gasteiger partial charge in [-0.2, -0.15) is 0 Å². The molecular formula is C20H32N2. The molecule has 2 nitrogen and oxygen atoms in total. The molecule has 1 aliphatic carbocycles. The topological polar surface area (TPSA) is 15.3 Å². The van der Waals surface area contributed by atoms with Gasteiger partial charge in [0.15, 0.2) is 0 Å². The fraction of sp³-hybridized carbons (Fsp3) is 0.700. The molecule has 0 radical (unpaired) electrons. The van der Waals surface area contributed by atoms with E-state index in [9.17, 15) is 0 Å². The van der Waals surface area contributed by atoms with Gasteiger partial charge in [0.1, 0.15) is 0 Å². The smallest absolute Gasteiger partial charge is 0.0233 e. The van der Waals surface area contributed by atoms with Crippen molar-refractivity contribution >= 4 is 0 Å². The van der Waals surface area contributed by atoms with E-state index in [1.807, 2.05) is 0 Å². The third kappa shape index (κ3) is 4.11. The predicted octanol–water partition coefficient (Wildman–Crippen LogP) is 4.07. The van der Waals surface area contributed by atoms with Crippen LogP contribution in [0.2, 0.25) is 0 Å². The van der Waals surface area contributed by atoms with Crippen molar-refractivity contribution in [2.45, 2.75) is 64.6 Å². The monoisotopic (exact) mass is 300 g/mol. The zero-order chi connectivity index (χ0) is 15.4. The maximum atomic E-state index is 4.02. The Morgan fingerprint density at radius 2 is 1.59 bits per heavy atom. The first-order valence-corrected chi connectivity index (χ1v) is 9.24. The highest BCUT2D eigenvalue weighted by atomic mass is 15.1. The highest BCUT2D eigenvalue weighted by Gasteiger charge is 2.30. The van der Waals surface area contributed by atoms with Crippen LogP contribution in [0, 0.1) is 11.8 Å². The minimum atomic E-state index is 0.736. The van der Waals surface area contributed by atoms with Crippen LogP contribution in [0.5, 0.6) is 0 Å². The molecule has 2 unspecified atom stereocenters. The number of hydrogen-bond donors (Lipinski definition) is 1. The molecular weight excluding hydrogens is 268 g/mol. The second kappa shape index (κ2) is 7.61. The number of piperidine rings is 1. The van der Waals surface area contributed by atoms with E-state index in [0.717, 1.165) is 30.5 Å². The zero-order valence-corrected chi connectivity index (χ0v) is 14.3. The summed E-state index contributed by atoms with van der Waals surface area (Å²) in [6.07, 6.45) is 6.87. The van der Waals surface area contributed by atoms with Gasteiger partial charge in [-0.3, -0.25) is 4.90 Å². The van der Waals surface area contributed by atoms with Crippen molar-refractivity contribution in [1.29, 1.82) is 0 Å². The second-order valence-electron chi connectivity index (χ2n) is 7.61. The Morgan fingerprint density at radius 3 is 2.23 bits per heavy atom. The first kappa shape index (κ1) is 16.0. The Hall–Kier alpha value is -0.860. The molecule has 0 amide bonds. The van der Waals surface area contributed by atoms with Crippen LogP contribution in [-0.2, 0) is 6.54 Å². The molecule has 2 fully saturated rings. The fourth-order valence-corrected chi connectivity index (χ4v) is 4.38. The van der Waals surface area contributed by atoms with Gasteiger partial charge < -0.3 is 5.32 Å². The molecule has 1 N–H and O–H groups in total. The van der Waals surface area contributed by atoms with Crippen LogP contribution >= 0.6 is 0 Å². The van der Waals surface area contributed by atoms with Gasteiger partial charge in [-0.25, -0.2) is 0 Å². The third-order valence-electron chi connectivity index (χ3n) is 5.81. The quantitative estimate of drug-likeness (QED) is 0.902. The molecule has 3 rings (SSSR count). The lowest BCUT2D eigenvalue weighted by atomic mass is 9.78. The van der Waals surface area contributed by atoms with E-state index in [1.165, 1.54) is 50.8 Å². The predicted molar refractivity (Wildman–Crippen MR) is 93.8 cm³/mol. The van der Waals surface area contributed by atoms with Gasteiger partial charge in [0.25, 0.3) is 0 Å². The molecule has 1 aliphatic heterocycles. The van der Waals surface area contributed by atoms with Crippen molar-refractivity contribution in [3.05, 3.63) is 35.9 Å². The van der Waals surface area contributed by atoms with Crippen molar-refractivity contribution in [2.24, 2.45) is 11.8 Å². The van der Waals surface area contributed by atoms with Gasteiger partial charge in [-0.1, -0.05) is 50.6 Å². The van der Waals surface area contributed by atoms with E-state index in [2.05, 4.69) is 54.4 Å². The van der Waals surface area contributed by atoms with Crippen molar-refractivity contribution in [3.8, 4) is 0 Å². The molecule has 1 aromatic carbocycles. The molecule has 2 heteroatoms. The SMILES string of the molecule is CC1CCCC(C)C1NC1CCN(Cc2ccccc2)CC1. The summed E-state index contributed by atoms with van der Waals surface area (Å²) in [4.78, 5) is 2.61. The van der Waals surface area contributed by atoms with Gasteiger partial charge in [-0.15, -0.1) is 0 Å². The lowest BCUT2D eigenvalue weighted by Crippen LogP contribution is -2.51. The highest BCUT2D eigenvalue weighted by molar-refractivity contribution is 5.14. The Bertz CT molecular complexity index is 426. The van der Waals surface area contributed by atoms with Crippen molar-refractivity contribution < 1.29 is 0 Å². The Morgan fingerprint density at radius 1 is 0.955 bits per heavy atom. The molecule has 1 saturated heterocycles. The summed E-state index contributed by atoms with van der Waals surface area (Å²) in [6.45, 7) is 8.48. The van der Waals surface area contributed by atoms with Gasteiger partial charge in [0, 0.05) is 18.6 Å². The molecule has 1 heterocycles. The largest absolute Gasteiger partial charge is 0.311 e. The van der Waals surface area contributed by atoms with Crippen LogP contribution in [0.15, 0.2) is 30.3 Å². The Labute approximate surface area is 136 Å². The van der Waals surface area contributed by atoms with Gasteiger partial charge >= 0.3 is 0 Å². The minimum absolute atomic E-state index is 0.736. The Kier molecular flexibility index (Phi) is 5.54. The van der Waals surface area contributed by atoms with E-state index in [1.54, 1.807) is 0 Å². The number of hydrogen-bond acceptors (Lipinski definition) is 2. The molecule has 1 aromatic rings. The van der Waals surface area contributed by atoms with Crippen LogP contribution in [0.1, 0.15) is 51.5 Å². The summed E-state index contributed by atoms with van der Waals surface area (Å²) in [6, 6.07) is 12.4. The van der Waals surface area contributed by atoms with Gasteiger partial charge in [-0.05, 0) is 56.2 Å². The number of nitrogens with zero attached hydrogens (tertiary/aromatic N) is 1. The van der Waals surface area contributed by atoms with Crippen molar-refractivity contribution in [1.82, 2.24) is 10.2 Å². The number of rotatable bonds is 4. The molecule has 0 bridgehead atoms. The van der Waals surface area contributed by atoms with E-state index < -0.39 is 0 Å². The molecule has 1 saturated carbocycles. The number of benzene rings is 1. The molecule has 0 spiro atoms. The second-order valence-corrected chi connectivity index (χ2v) is 7.61. The number of likely N-dealkylation sites (tertiary alicyclic amines) is 1. The van der Waals surface area contributed by atoms with Crippen molar-refractivity contribution in [3.63, 3.8) is 0 Å². The highest BCUT2D eigenvalue weighted by Crippen LogP contribution is 2.30. The molecule has 22 heavy (non-hydrogen) atoms.